The molecule has 0 radical (unpaired) electrons. The molecule has 0 saturated carbocycles. The third-order valence-corrected chi connectivity index (χ3v) is 7.45. The molecule has 0 saturated heterocycles. The molecule has 0 aliphatic rings. The van der Waals surface area contributed by atoms with Gasteiger partial charge in [-0.1, -0.05) is 58.0 Å². The molecule has 0 fully saturated rings. The van der Waals surface area contributed by atoms with Crippen LogP contribution >= 0.6 is 0 Å². The summed E-state index contributed by atoms with van der Waals surface area (Å²) in [5.74, 6) is 0. The molecule has 0 aliphatic carbocycles. The molecule has 0 spiro atoms. The van der Waals surface area contributed by atoms with Crippen molar-refractivity contribution in [3.05, 3.63) is 108 Å². The first kappa shape index (κ1) is 24.1. The number of aryl methyl sites for hydroxylation is 2. The highest BCUT2D eigenvalue weighted by molar-refractivity contribution is 6.15. The number of nitrogens with zero attached hydrogens (tertiary/aromatic N) is 2. The number of rotatable bonds is 4. The van der Waals surface area contributed by atoms with Crippen LogP contribution in [-0.2, 0) is 11.8 Å². The summed E-state index contributed by atoms with van der Waals surface area (Å²) in [4.78, 5) is 13.4. The Morgan fingerprint density at radius 2 is 1.45 bits per heavy atom. The molecule has 3 aromatic heterocycles. The molecule has 0 aliphatic heterocycles. The number of hydrogen-bond donors (Lipinski definition) is 1. The van der Waals surface area contributed by atoms with Gasteiger partial charge in [0.2, 0.25) is 0 Å². The van der Waals surface area contributed by atoms with Crippen molar-refractivity contribution in [2.75, 3.05) is 0 Å². The van der Waals surface area contributed by atoms with E-state index in [1.54, 1.807) is 0 Å². The number of hydrogen-bond acceptors (Lipinski definition) is 2. The van der Waals surface area contributed by atoms with Crippen LogP contribution in [0.5, 0.6) is 0 Å². The van der Waals surface area contributed by atoms with E-state index >= 15 is 0 Å². The van der Waals surface area contributed by atoms with Gasteiger partial charge in [-0.05, 0) is 90.0 Å². The lowest BCUT2D eigenvalue weighted by Gasteiger charge is -2.20. The zero-order valence-corrected chi connectivity index (χ0v) is 22.8. The summed E-state index contributed by atoms with van der Waals surface area (Å²) >= 11 is 0. The van der Waals surface area contributed by atoms with Gasteiger partial charge in [0.25, 0.3) is 0 Å². The number of pyridine rings is 2. The topological polar surface area (TPSA) is 41.6 Å². The Hall–Kier alpha value is -4.24. The van der Waals surface area contributed by atoms with Crippen LogP contribution in [0, 0.1) is 6.92 Å². The predicted octanol–water partition coefficient (Wildman–Crippen LogP) is 9.28. The van der Waals surface area contributed by atoms with Gasteiger partial charge in [-0.25, -0.2) is 0 Å². The number of aromatic amines is 1. The molecule has 6 rings (SSSR count). The second-order valence-corrected chi connectivity index (χ2v) is 11.2. The summed E-state index contributed by atoms with van der Waals surface area (Å²) in [7, 11) is 0. The second kappa shape index (κ2) is 9.25. The normalized spacial score (nSPS) is 11.9. The summed E-state index contributed by atoms with van der Waals surface area (Å²) in [6.07, 6.45) is 2.85. The largest absolute Gasteiger partial charge is 0.353 e. The zero-order chi connectivity index (χ0) is 26.4. The van der Waals surface area contributed by atoms with Crippen molar-refractivity contribution in [2.24, 2.45) is 0 Å². The van der Waals surface area contributed by atoms with Crippen LogP contribution in [0.3, 0.4) is 0 Å². The quantitative estimate of drug-likeness (QED) is 0.265. The minimum absolute atomic E-state index is 0.0155. The SMILES string of the molecule is CCc1cc(-c2cccc(-c3cccc(C)n3)c2)c2[nH]c3c(-c4ccccn4)cc(C(C)(C)C)cc3c2c1. The minimum atomic E-state index is 0.0155. The van der Waals surface area contributed by atoms with Crippen molar-refractivity contribution < 1.29 is 0 Å². The van der Waals surface area contributed by atoms with Crippen molar-refractivity contribution in [2.45, 2.75) is 46.5 Å². The van der Waals surface area contributed by atoms with E-state index < -0.39 is 0 Å². The number of fused-ring (bicyclic) bond motifs is 3. The van der Waals surface area contributed by atoms with E-state index in [9.17, 15) is 0 Å². The highest BCUT2D eigenvalue weighted by Gasteiger charge is 2.21. The average molecular weight is 496 g/mol. The molecule has 3 heterocycles. The maximum Gasteiger partial charge on any atom is 0.0723 e. The standard InChI is InChI=1S/C35H33N3/c1-6-23-17-27(24-12-10-13-25(19-24)31-15-9-11-22(2)37-31)33-28(18-23)29-20-26(35(3,4)5)21-30(34(29)38-33)32-14-7-8-16-36-32/h7-21,38H,6H2,1-5H3. The van der Waals surface area contributed by atoms with Crippen molar-refractivity contribution in [3.8, 4) is 33.6 Å². The highest BCUT2D eigenvalue weighted by Crippen LogP contribution is 2.41. The molecule has 188 valence electrons. The van der Waals surface area contributed by atoms with Gasteiger partial charge in [-0.2, -0.15) is 0 Å². The number of nitrogens with one attached hydrogen (secondary N) is 1. The molecule has 38 heavy (non-hydrogen) atoms. The summed E-state index contributed by atoms with van der Waals surface area (Å²) in [5, 5.41) is 2.51. The molecule has 3 nitrogen and oxygen atoms in total. The van der Waals surface area contributed by atoms with E-state index in [4.69, 9.17) is 9.97 Å². The fraction of sp³-hybridized carbons (Fsp3) is 0.200. The Kier molecular flexibility index (Phi) is 5.87. The van der Waals surface area contributed by atoms with Gasteiger partial charge in [-0.3, -0.25) is 9.97 Å². The average Bonchev–Trinajstić information content (AvgIpc) is 3.30. The fourth-order valence-electron chi connectivity index (χ4n) is 5.30. The van der Waals surface area contributed by atoms with E-state index in [-0.39, 0.29) is 5.41 Å². The number of benzene rings is 3. The summed E-state index contributed by atoms with van der Waals surface area (Å²) in [5.41, 5.74) is 12.6. The van der Waals surface area contributed by atoms with E-state index in [0.717, 1.165) is 45.7 Å². The first-order valence-corrected chi connectivity index (χ1v) is 13.4. The van der Waals surface area contributed by atoms with Gasteiger partial charge in [0.1, 0.15) is 0 Å². The van der Waals surface area contributed by atoms with Crippen molar-refractivity contribution in [3.63, 3.8) is 0 Å². The predicted molar refractivity (Wildman–Crippen MR) is 161 cm³/mol. The molecule has 1 N–H and O–H groups in total. The second-order valence-electron chi connectivity index (χ2n) is 11.2. The van der Waals surface area contributed by atoms with Crippen LogP contribution in [0.25, 0.3) is 55.4 Å². The zero-order valence-electron chi connectivity index (χ0n) is 22.8. The van der Waals surface area contributed by atoms with Gasteiger partial charge >= 0.3 is 0 Å². The lowest BCUT2D eigenvalue weighted by Crippen LogP contribution is -2.11. The Bertz CT molecular complexity index is 1790. The van der Waals surface area contributed by atoms with Crippen molar-refractivity contribution in [1.82, 2.24) is 15.0 Å². The van der Waals surface area contributed by atoms with E-state index in [1.165, 1.54) is 33.0 Å². The van der Waals surface area contributed by atoms with E-state index in [1.807, 2.05) is 25.3 Å². The van der Waals surface area contributed by atoms with Crippen molar-refractivity contribution >= 4 is 21.8 Å². The Morgan fingerprint density at radius 3 is 2.18 bits per heavy atom. The van der Waals surface area contributed by atoms with Crippen LogP contribution in [0.1, 0.15) is 44.5 Å². The van der Waals surface area contributed by atoms with E-state index in [0.29, 0.717) is 0 Å². The molecular weight excluding hydrogens is 462 g/mol. The van der Waals surface area contributed by atoms with Crippen LogP contribution < -0.4 is 0 Å². The first-order valence-electron chi connectivity index (χ1n) is 13.4. The maximum absolute atomic E-state index is 4.77. The van der Waals surface area contributed by atoms with Gasteiger partial charge < -0.3 is 4.98 Å². The molecule has 0 amide bonds. The monoisotopic (exact) mass is 495 g/mol. The fourth-order valence-corrected chi connectivity index (χ4v) is 5.30. The summed E-state index contributed by atoms with van der Waals surface area (Å²) in [6, 6.07) is 30.5. The lowest BCUT2D eigenvalue weighted by atomic mass is 9.84. The third kappa shape index (κ3) is 4.28. The van der Waals surface area contributed by atoms with Crippen LogP contribution in [0.15, 0.2) is 91.1 Å². The molecule has 6 aromatic rings. The Balaban J connectivity index is 1.65. The molecule has 0 atom stereocenters. The summed E-state index contributed by atoms with van der Waals surface area (Å²) in [6.45, 7) is 11.1. The van der Waals surface area contributed by atoms with E-state index in [2.05, 4.69) is 105 Å². The Morgan fingerprint density at radius 1 is 0.711 bits per heavy atom. The molecule has 0 unspecified atom stereocenters. The number of aromatic nitrogens is 3. The van der Waals surface area contributed by atoms with Crippen LogP contribution in [0.2, 0.25) is 0 Å². The number of H-pyrrole nitrogens is 1. The van der Waals surface area contributed by atoms with Gasteiger partial charge in [0.05, 0.1) is 22.4 Å². The van der Waals surface area contributed by atoms with Gasteiger partial charge in [0.15, 0.2) is 0 Å². The lowest BCUT2D eigenvalue weighted by molar-refractivity contribution is 0.591. The maximum atomic E-state index is 4.77. The molecule has 3 aromatic carbocycles. The van der Waals surface area contributed by atoms with Crippen molar-refractivity contribution in [1.29, 1.82) is 0 Å². The smallest absolute Gasteiger partial charge is 0.0723 e. The van der Waals surface area contributed by atoms with Crippen LogP contribution in [0.4, 0.5) is 0 Å². The molecule has 0 bridgehead atoms. The van der Waals surface area contributed by atoms with Gasteiger partial charge in [-0.15, -0.1) is 0 Å². The first-order chi connectivity index (χ1) is 18.3. The van der Waals surface area contributed by atoms with Crippen LogP contribution in [-0.4, -0.2) is 15.0 Å². The minimum Gasteiger partial charge on any atom is -0.353 e. The third-order valence-electron chi connectivity index (χ3n) is 7.45. The Labute approximate surface area is 224 Å². The van der Waals surface area contributed by atoms with Gasteiger partial charge in [0, 0.05) is 39.4 Å². The summed E-state index contributed by atoms with van der Waals surface area (Å²) < 4.78 is 0. The molecule has 3 heteroatoms. The molecular formula is C35H33N3. The highest BCUT2D eigenvalue weighted by atomic mass is 14.7.